The van der Waals surface area contributed by atoms with Crippen molar-refractivity contribution in [3.05, 3.63) is 24.4 Å². The number of carbonyl (C=O) groups is 2. The van der Waals surface area contributed by atoms with E-state index < -0.39 is 11.4 Å². The first kappa shape index (κ1) is 14.3. The monoisotopic (exact) mass is 278 g/mol. The zero-order valence-electron chi connectivity index (χ0n) is 11.3. The molecule has 0 aliphatic carbocycles. The largest absolute Gasteiger partial charge is 0.481 e. The Balaban J connectivity index is 1.77. The van der Waals surface area contributed by atoms with E-state index in [0.717, 1.165) is 0 Å². The van der Waals surface area contributed by atoms with Crippen molar-refractivity contribution >= 4 is 17.7 Å². The molecule has 1 unspecified atom stereocenters. The van der Waals surface area contributed by atoms with Crippen LogP contribution in [-0.4, -0.2) is 46.5 Å². The molecule has 1 aromatic heterocycles. The Hall–Kier alpha value is -2.15. The fourth-order valence-corrected chi connectivity index (χ4v) is 2.18. The van der Waals surface area contributed by atoms with Crippen LogP contribution in [0.1, 0.15) is 13.3 Å². The van der Waals surface area contributed by atoms with E-state index in [1.54, 1.807) is 31.3 Å². The Morgan fingerprint density at radius 3 is 2.90 bits per heavy atom. The Bertz CT molecular complexity index is 494. The molecule has 3 N–H and O–H groups in total. The molecule has 1 aliphatic rings. The van der Waals surface area contributed by atoms with Gasteiger partial charge in [-0.1, -0.05) is 6.07 Å². The second kappa shape index (κ2) is 5.87. The molecular weight excluding hydrogens is 260 g/mol. The van der Waals surface area contributed by atoms with Gasteiger partial charge in [0.2, 0.25) is 0 Å². The van der Waals surface area contributed by atoms with Gasteiger partial charge in [-0.2, -0.15) is 0 Å². The van der Waals surface area contributed by atoms with Gasteiger partial charge in [-0.15, -0.1) is 0 Å². The molecule has 0 bridgehead atoms. The average Bonchev–Trinajstić information content (AvgIpc) is 2.80. The molecule has 1 aliphatic heterocycles. The molecule has 0 aromatic carbocycles. The van der Waals surface area contributed by atoms with E-state index in [9.17, 15) is 9.59 Å². The summed E-state index contributed by atoms with van der Waals surface area (Å²) < 4.78 is 0. The lowest BCUT2D eigenvalue weighted by atomic mass is 9.90. The summed E-state index contributed by atoms with van der Waals surface area (Å²) in [5, 5.41) is 9.13. The van der Waals surface area contributed by atoms with Crippen molar-refractivity contribution in [3.63, 3.8) is 0 Å². The average molecular weight is 278 g/mol. The summed E-state index contributed by atoms with van der Waals surface area (Å²) in [6.07, 6.45) is 2.18. The lowest BCUT2D eigenvalue weighted by molar-refractivity contribution is -0.147. The number of nitrogens with zero attached hydrogens (tertiary/aromatic N) is 2. The van der Waals surface area contributed by atoms with Gasteiger partial charge in [0.25, 0.3) is 5.91 Å². The molecule has 7 nitrogen and oxygen atoms in total. The molecule has 1 saturated heterocycles. The number of hydrogen-bond acceptors (Lipinski definition) is 5. The topological polar surface area (TPSA) is 94.6 Å². The lowest BCUT2D eigenvalue weighted by Gasteiger charge is -2.19. The van der Waals surface area contributed by atoms with Gasteiger partial charge in [0.15, 0.2) is 0 Å². The number of hydrogen-bond donors (Lipinski definition) is 3. The van der Waals surface area contributed by atoms with Crippen LogP contribution in [0.5, 0.6) is 0 Å². The minimum atomic E-state index is -0.813. The van der Waals surface area contributed by atoms with E-state index in [1.165, 1.54) is 0 Å². The lowest BCUT2D eigenvalue weighted by Crippen LogP contribution is -2.40. The van der Waals surface area contributed by atoms with Crippen LogP contribution in [0, 0.1) is 5.41 Å². The molecule has 0 spiro atoms. The highest BCUT2D eigenvalue weighted by Crippen LogP contribution is 2.29. The first-order valence-electron chi connectivity index (χ1n) is 6.41. The molecule has 2 heterocycles. The summed E-state index contributed by atoms with van der Waals surface area (Å²) in [7, 11) is 0. The standard InChI is InChI=1S/C13H18N4O3/c1-13(12(19)20)5-7-17(9-13)8-11(18)16-15-10-4-2-3-6-14-10/h2-4,6H,5,7-9H2,1H3,(H,14,15)(H,16,18)(H,19,20). The summed E-state index contributed by atoms with van der Waals surface area (Å²) in [4.78, 5) is 28.7. The number of carboxylic acid groups (broad SMARTS) is 1. The van der Waals surface area contributed by atoms with Gasteiger partial charge in [0.1, 0.15) is 5.82 Å². The molecule has 1 atom stereocenters. The van der Waals surface area contributed by atoms with Gasteiger partial charge in [-0.05, 0) is 32.0 Å². The zero-order valence-corrected chi connectivity index (χ0v) is 11.3. The third kappa shape index (κ3) is 3.45. The fourth-order valence-electron chi connectivity index (χ4n) is 2.18. The number of rotatable bonds is 5. The van der Waals surface area contributed by atoms with Crippen molar-refractivity contribution in [1.29, 1.82) is 0 Å². The number of anilines is 1. The molecule has 20 heavy (non-hydrogen) atoms. The van der Waals surface area contributed by atoms with Crippen LogP contribution in [0.4, 0.5) is 5.82 Å². The second-order valence-electron chi connectivity index (χ2n) is 5.21. The molecule has 7 heteroatoms. The first-order chi connectivity index (χ1) is 9.49. The molecule has 108 valence electrons. The minimum absolute atomic E-state index is 0.169. The van der Waals surface area contributed by atoms with Crippen LogP contribution < -0.4 is 10.9 Å². The van der Waals surface area contributed by atoms with Gasteiger partial charge < -0.3 is 5.11 Å². The SMILES string of the molecule is CC1(C(=O)O)CCN(CC(=O)NNc2ccccn2)C1. The van der Waals surface area contributed by atoms with Gasteiger partial charge in [0, 0.05) is 12.7 Å². The maximum Gasteiger partial charge on any atom is 0.310 e. The Morgan fingerprint density at radius 1 is 1.50 bits per heavy atom. The minimum Gasteiger partial charge on any atom is -0.481 e. The molecule has 0 radical (unpaired) electrons. The molecular formula is C13H18N4O3. The quantitative estimate of drug-likeness (QED) is 0.672. The Labute approximate surface area is 117 Å². The van der Waals surface area contributed by atoms with Crippen LogP contribution in [0.3, 0.4) is 0 Å². The van der Waals surface area contributed by atoms with E-state index in [4.69, 9.17) is 5.11 Å². The summed E-state index contributed by atoms with van der Waals surface area (Å²) in [5.74, 6) is -0.477. The smallest absolute Gasteiger partial charge is 0.310 e. The summed E-state index contributed by atoms with van der Waals surface area (Å²) in [6, 6.07) is 5.32. The van der Waals surface area contributed by atoms with Crippen molar-refractivity contribution in [1.82, 2.24) is 15.3 Å². The maximum absolute atomic E-state index is 11.8. The maximum atomic E-state index is 11.8. The van der Waals surface area contributed by atoms with Gasteiger partial charge in [-0.25, -0.2) is 4.98 Å². The third-order valence-corrected chi connectivity index (χ3v) is 3.43. The van der Waals surface area contributed by atoms with Crippen LogP contribution in [0.15, 0.2) is 24.4 Å². The van der Waals surface area contributed by atoms with Gasteiger partial charge >= 0.3 is 5.97 Å². The number of hydrazine groups is 1. The number of amides is 1. The summed E-state index contributed by atoms with van der Waals surface area (Å²) >= 11 is 0. The van der Waals surface area contributed by atoms with Gasteiger partial charge in [0.05, 0.1) is 12.0 Å². The predicted molar refractivity (Wildman–Crippen MR) is 72.8 cm³/mol. The number of aromatic nitrogens is 1. The number of aliphatic carboxylic acids is 1. The Morgan fingerprint density at radius 2 is 2.30 bits per heavy atom. The number of likely N-dealkylation sites (tertiary alicyclic amines) is 1. The van der Waals surface area contributed by atoms with Crippen LogP contribution in [0.2, 0.25) is 0 Å². The van der Waals surface area contributed by atoms with Crippen LogP contribution in [0.25, 0.3) is 0 Å². The first-order valence-corrected chi connectivity index (χ1v) is 6.41. The van der Waals surface area contributed by atoms with Gasteiger partial charge in [-0.3, -0.25) is 25.3 Å². The molecule has 1 fully saturated rings. The van der Waals surface area contributed by atoms with Crippen molar-refractivity contribution in [2.24, 2.45) is 5.41 Å². The Kier molecular flexibility index (Phi) is 4.19. The molecule has 0 saturated carbocycles. The number of pyridine rings is 1. The van der Waals surface area contributed by atoms with E-state index in [1.807, 2.05) is 4.90 Å². The van der Waals surface area contributed by atoms with E-state index in [0.29, 0.717) is 25.3 Å². The van der Waals surface area contributed by atoms with Crippen molar-refractivity contribution < 1.29 is 14.7 Å². The molecule has 1 aromatic rings. The van der Waals surface area contributed by atoms with E-state index in [2.05, 4.69) is 15.8 Å². The number of carboxylic acids is 1. The van der Waals surface area contributed by atoms with Crippen LogP contribution in [-0.2, 0) is 9.59 Å². The third-order valence-electron chi connectivity index (χ3n) is 3.43. The normalized spacial score (nSPS) is 22.4. The van der Waals surface area contributed by atoms with Crippen molar-refractivity contribution in [2.45, 2.75) is 13.3 Å². The highest BCUT2D eigenvalue weighted by Gasteiger charge is 2.40. The predicted octanol–water partition coefficient (Wildman–Crippen LogP) is 0.321. The number of carbonyl (C=O) groups excluding carboxylic acids is 1. The molecule has 2 rings (SSSR count). The highest BCUT2D eigenvalue weighted by molar-refractivity contribution is 5.79. The van der Waals surface area contributed by atoms with Crippen LogP contribution >= 0.6 is 0 Å². The number of nitrogens with one attached hydrogen (secondary N) is 2. The van der Waals surface area contributed by atoms with E-state index in [-0.39, 0.29) is 12.5 Å². The van der Waals surface area contributed by atoms with Crippen molar-refractivity contribution in [3.8, 4) is 0 Å². The summed E-state index contributed by atoms with van der Waals surface area (Å²) in [5.41, 5.74) is 4.49. The van der Waals surface area contributed by atoms with E-state index >= 15 is 0 Å². The summed E-state index contributed by atoms with van der Waals surface area (Å²) in [6.45, 7) is 2.88. The zero-order chi connectivity index (χ0) is 14.6. The highest BCUT2D eigenvalue weighted by atomic mass is 16.4. The second-order valence-corrected chi connectivity index (χ2v) is 5.21. The fraction of sp³-hybridized carbons (Fsp3) is 0.462. The molecule has 1 amide bonds. The van der Waals surface area contributed by atoms with Crippen molar-refractivity contribution in [2.75, 3.05) is 25.1 Å².